The average Bonchev–Trinajstić information content (AvgIpc) is 3.45. The summed E-state index contributed by atoms with van der Waals surface area (Å²) in [5, 5.41) is 0.955. The largest absolute Gasteiger partial charge is 0.370 e. The predicted molar refractivity (Wildman–Crippen MR) is 119 cm³/mol. The van der Waals surface area contributed by atoms with Crippen molar-refractivity contribution < 1.29 is 9.53 Å². The van der Waals surface area contributed by atoms with E-state index in [0.717, 1.165) is 45.4 Å². The Morgan fingerprint density at radius 1 is 1.07 bits per heavy atom. The SMILES string of the molecule is CC.O=C1COCCN1c1ccc2nc(-c3ccc(N4CCCC4)nc3)sc2c1. The topological polar surface area (TPSA) is 58.6 Å². The normalized spacial score (nSPS) is 16.8. The zero-order valence-electron chi connectivity index (χ0n) is 16.9. The first-order valence-electron chi connectivity index (χ1n) is 10.3. The average molecular weight is 411 g/mol. The van der Waals surface area contributed by atoms with Gasteiger partial charge < -0.3 is 14.5 Å². The number of pyridine rings is 1. The lowest BCUT2D eigenvalue weighted by molar-refractivity contribution is -0.125. The van der Waals surface area contributed by atoms with E-state index in [2.05, 4.69) is 22.0 Å². The number of benzene rings is 1. The molecule has 1 amide bonds. The number of carbonyl (C=O) groups excluding carboxylic acids is 1. The highest BCUT2D eigenvalue weighted by atomic mass is 32.1. The van der Waals surface area contributed by atoms with Gasteiger partial charge in [-0.25, -0.2) is 9.97 Å². The van der Waals surface area contributed by atoms with Crippen LogP contribution in [0.1, 0.15) is 26.7 Å². The highest BCUT2D eigenvalue weighted by molar-refractivity contribution is 7.21. The zero-order chi connectivity index (χ0) is 20.2. The van der Waals surface area contributed by atoms with Crippen molar-refractivity contribution in [1.82, 2.24) is 9.97 Å². The number of hydrogen-bond acceptors (Lipinski definition) is 6. The van der Waals surface area contributed by atoms with Crippen LogP contribution in [-0.2, 0) is 9.53 Å². The number of thiazole rings is 1. The second-order valence-electron chi connectivity index (χ2n) is 6.87. The molecule has 2 aliphatic rings. The summed E-state index contributed by atoms with van der Waals surface area (Å²) < 4.78 is 6.29. The van der Waals surface area contributed by atoms with Crippen molar-refractivity contribution in [2.45, 2.75) is 26.7 Å². The highest BCUT2D eigenvalue weighted by Gasteiger charge is 2.21. The number of hydrogen-bond donors (Lipinski definition) is 0. The molecule has 0 spiro atoms. The maximum atomic E-state index is 12.1. The second kappa shape index (κ2) is 8.88. The number of carbonyl (C=O) groups is 1. The minimum atomic E-state index is 0.00652. The van der Waals surface area contributed by atoms with E-state index >= 15 is 0 Å². The van der Waals surface area contributed by atoms with Gasteiger partial charge in [-0.3, -0.25) is 4.79 Å². The maximum absolute atomic E-state index is 12.1. The van der Waals surface area contributed by atoms with Gasteiger partial charge in [-0.1, -0.05) is 13.8 Å². The van der Waals surface area contributed by atoms with Crippen LogP contribution in [0.15, 0.2) is 36.5 Å². The monoisotopic (exact) mass is 410 g/mol. The van der Waals surface area contributed by atoms with Crippen LogP contribution < -0.4 is 9.80 Å². The Balaban J connectivity index is 0.000000994. The van der Waals surface area contributed by atoms with Gasteiger partial charge in [-0.05, 0) is 43.2 Å². The third-order valence-electron chi connectivity index (χ3n) is 5.09. The Kier molecular flexibility index (Phi) is 6.06. The molecular weight excluding hydrogens is 384 g/mol. The van der Waals surface area contributed by atoms with Gasteiger partial charge in [0.05, 0.1) is 16.8 Å². The molecule has 0 radical (unpaired) electrons. The van der Waals surface area contributed by atoms with Crippen LogP contribution >= 0.6 is 11.3 Å². The van der Waals surface area contributed by atoms with E-state index in [1.54, 1.807) is 16.2 Å². The number of aromatic nitrogens is 2. The van der Waals surface area contributed by atoms with E-state index in [1.165, 1.54) is 12.8 Å². The fourth-order valence-electron chi connectivity index (χ4n) is 3.64. The van der Waals surface area contributed by atoms with E-state index in [9.17, 15) is 4.79 Å². The van der Waals surface area contributed by atoms with Gasteiger partial charge in [0.15, 0.2) is 0 Å². The van der Waals surface area contributed by atoms with Crippen molar-refractivity contribution in [3.05, 3.63) is 36.5 Å². The zero-order valence-corrected chi connectivity index (χ0v) is 17.7. The summed E-state index contributed by atoms with van der Waals surface area (Å²) in [6.07, 6.45) is 4.41. The molecule has 0 bridgehead atoms. The predicted octanol–water partition coefficient (Wildman–Crippen LogP) is 4.35. The quantitative estimate of drug-likeness (QED) is 0.643. The molecular formula is C22H26N4O2S. The standard InChI is InChI=1S/C20H20N4O2S.C2H6/c25-19-13-26-10-9-24(19)15-4-5-16-17(11-15)27-20(22-16)14-3-6-18(21-12-14)23-7-1-2-8-23;1-2/h3-6,11-12H,1-2,7-10,13H2;1-2H3. The Bertz CT molecular complexity index is 980. The first-order chi connectivity index (χ1) is 14.3. The third kappa shape index (κ3) is 4.11. The minimum absolute atomic E-state index is 0.00652. The molecule has 7 heteroatoms. The van der Waals surface area contributed by atoms with Crippen LogP contribution in [0.5, 0.6) is 0 Å². The summed E-state index contributed by atoms with van der Waals surface area (Å²) in [4.78, 5) is 25.6. The number of amides is 1. The van der Waals surface area contributed by atoms with Gasteiger partial charge in [-0.15, -0.1) is 11.3 Å². The lowest BCUT2D eigenvalue weighted by atomic mass is 10.2. The third-order valence-corrected chi connectivity index (χ3v) is 6.16. The fourth-order valence-corrected chi connectivity index (χ4v) is 4.63. The number of fused-ring (bicyclic) bond motifs is 1. The van der Waals surface area contributed by atoms with Crippen LogP contribution in [0.25, 0.3) is 20.8 Å². The maximum Gasteiger partial charge on any atom is 0.253 e. The number of rotatable bonds is 3. The van der Waals surface area contributed by atoms with Crippen LogP contribution in [0, 0.1) is 0 Å². The summed E-state index contributed by atoms with van der Waals surface area (Å²) in [6.45, 7) is 7.51. The number of ether oxygens (including phenoxy) is 1. The molecule has 0 unspecified atom stereocenters. The van der Waals surface area contributed by atoms with Gasteiger partial charge in [0.1, 0.15) is 17.4 Å². The summed E-state index contributed by atoms with van der Waals surface area (Å²) in [5.41, 5.74) is 2.89. The summed E-state index contributed by atoms with van der Waals surface area (Å²) >= 11 is 1.63. The van der Waals surface area contributed by atoms with E-state index in [-0.39, 0.29) is 12.5 Å². The molecule has 5 rings (SSSR count). The fraction of sp³-hybridized carbons (Fsp3) is 0.409. The molecule has 29 heavy (non-hydrogen) atoms. The molecule has 2 aromatic heterocycles. The van der Waals surface area contributed by atoms with Gasteiger partial charge in [0.2, 0.25) is 0 Å². The molecule has 0 N–H and O–H groups in total. The van der Waals surface area contributed by atoms with Gasteiger partial charge >= 0.3 is 0 Å². The van der Waals surface area contributed by atoms with E-state index in [0.29, 0.717) is 13.2 Å². The Labute approximate surface area is 175 Å². The molecule has 3 aromatic rings. The smallest absolute Gasteiger partial charge is 0.253 e. The van der Waals surface area contributed by atoms with Crippen molar-refractivity contribution in [3.8, 4) is 10.6 Å². The molecule has 2 fully saturated rings. The molecule has 2 saturated heterocycles. The molecule has 2 aliphatic heterocycles. The highest BCUT2D eigenvalue weighted by Crippen LogP contribution is 2.33. The number of morpholine rings is 1. The molecule has 1 aromatic carbocycles. The van der Waals surface area contributed by atoms with Gasteiger partial charge in [-0.2, -0.15) is 0 Å². The van der Waals surface area contributed by atoms with Crippen LogP contribution in [-0.4, -0.2) is 48.7 Å². The summed E-state index contributed by atoms with van der Waals surface area (Å²) in [6, 6.07) is 10.2. The van der Waals surface area contributed by atoms with Crippen molar-refractivity contribution in [2.24, 2.45) is 0 Å². The van der Waals surface area contributed by atoms with Crippen molar-refractivity contribution in [1.29, 1.82) is 0 Å². The van der Waals surface area contributed by atoms with Crippen molar-refractivity contribution in [3.63, 3.8) is 0 Å². The number of nitrogens with zero attached hydrogens (tertiary/aromatic N) is 4. The Hall–Kier alpha value is -2.51. The van der Waals surface area contributed by atoms with Crippen molar-refractivity contribution >= 4 is 39.0 Å². The van der Waals surface area contributed by atoms with Crippen LogP contribution in [0.2, 0.25) is 0 Å². The molecule has 0 saturated carbocycles. The van der Waals surface area contributed by atoms with E-state index in [1.807, 2.05) is 38.2 Å². The Morgan fingerprint density at radius 2 is 1.90 bits per heavy atom. The van der Waals surface area contributed by atoms with Gasteiger partial charge in [0.25, 0.3) is 5.91 Å². The lowest BCUT2D eigenvalue weighted by Crippen LogP contribution is -2.41. The van der Waals surface area contributed by atoms with E-state index in [4.69, 9.17) is 9.72 Å². The number of anilines is 2. The van der Waals surface area contributed by atoms with Crippen LogP contribution in [0.3, 0.4) is 0 Å². The molecule has 152 valence electrons. The second-order valence-corrected chi connectivity index (χ2v) is 7.90. The minimum Gasteiger partial charge on any atom is -0.370 e. The first kappa shape index (κ1) is 19.8. The van der Waals surface area contributed by atoms with Crippen molar-refractivity contribution in [2.75, 3.05) is 42.6 Å². The summed E-state index contributed by atoms with van der Waals surface area (Å²) in [5.74, 6) is 1.05. The molecule has 0 atom stereocenters. The van der Waals surface area contributed by atoms with E-state index < -0.39 is 0 Å². The van der Waals surface area contributed by atoms with Crippen LogP contribution in [0.4, 0.5) is 11.5 Å². The first-order valence-corrected chi connectivity index (χ1v) is 11.1. The van der Waals surface area contributed by atoms with Gasteiger partial charge in [0, 0.05) is 37.1 Å². The molecule has 0 aliphatic carbocycles. The molecule has 6 nitrogen and oxygen atoms in total. The molecule has 4 heterocycles. The lowest BCUT2D eigenvalue weighted by Gasteiger charge is -2.26. The summed E-state index contributed by atoms with van der Waals surface area (Å²) in [7, 11) is 0. The Morgan fingerprint density at radius 3 is 2.62 bits per heavy atom.